The number of nitrogens with zero attached hydrogens (tertiary/aromatic N) is 6. The zero-order chi connectivity index (χ0) is 26.1. The molecule has 0 radical (unpaired) electrons. The van der Waals surface area contributed by atoms with E-state index in [0.717, 1.165) is 91.0 Å². The second-order valence-electron chi connectivity index (χ2n) is 10.3. The Morgan fingerprint density at radius 2 is 1.87 bits per heavy atom. The molecule has 5 heterocycles. The largest absolute Gasteiger partial charge is 0.386 e. The van der Waals surface area contributed by atoms with Gasteiger partial charge in [0.15, 0.2) is 5.82 Å². The summed E-state index contributed by atoms with van der Waals surface area (Å²) in [5, 5.41) is 0. The average molecular weight is 577 g/mol. The maximum Gasteiger partial charge on any atom is 0.386 e. The van der Waals surface area contributed by atoms with Gasteiger partial charge in [-0.15, -0.1) is 0 Å². The Kier molecular flexibility index (Phi) is 7.08. The van der Waals surface area contributed by atoms with Gasteiger partial charge >= 0.3 is 5.95 Å². The van der Waals surface area contributed by atoms with Gasteiger partial charge in [-0.05, 0) is 69.1 Å². The lowest BCUT2D eigenvalue weighted by atomic mass is 9.93. The van der Waals surface area contributed by atoms with E-state index in [4.69, 9.17) is 10.7 Å². The van der Waals surface area contributed by atoms with Crippen molar-refractivity contribution in [2.75, 3.05) is 31.9 Å². The van der Waals surface area contributed by atoms with Gasteiger partial charge in [-0.2, -0.15) is 0 Å². The number of piperidine rings is 2. The van der Waals surface area contributed by atoms with Gasteiger partial charge in [-0.1, -0.05) is 27.0 Å². The molecule has 0 saturated carbocycles. The van der Waals surface area contributed by atoms with Crippen LogP contribution < -0.4 is 10.7 Å². The molecule has 6 rings (SSSR count). The zero-order valence-electron chi connectivity index (χ0n) is 21.3. The van der Waals surface area contributed by atoms with Gasteiger partial charge in [0, 0.05) is 47.8 Å². The van der Waals surface area contributed by atoms with E-state index in [2.05, 4.69) is 63.4 Å². The van der Waals surface area contributed by atoms with Gasteiger partial charge in [0.2, 0.25) is 5.91 Å². The van der Waals surface area contributed by atoms with E-state index in [-0.39, 0.29) is 12.0 Å². The first-order chi connectivity index (χ1) is 18.5. The summed E-state index contributed by atoms with van der Waals surface area (Å²) in [6.07, 6.45) is 9.15. The second-order valence-corrected chi connectivity index (χ2v) is 11.2. The summed E-state index contributed by atoms with van der Waals surface area (Å²) in [5.74, 6) is 1.73. The third kappa shape index (κ3) is 5.15. The van der Waals surface area contributed by atoms with Crippen LogP contribution in [-0.4, -0.2) is 61.4 Å². The van der Waals surface area contributed by atoms with Gasteiger partial charge in [0.05, 0.1) is 17.2 Å². The number of nitrogens with two attached hydrogens (primary N) is 1. The molecule has 1 amide bonds. The summed E-state index contributed by atoms with van der Waals surface area (Å²) in [6.45, 7) is 4.20. The number of aromatic nitrogens is 5. The number of aromatic amines is 1. The molecule has 10 heteroatoms. The Balaban J connectivity index is 1.10. The Morgan fingerprint density at radius 3 is 2.58 bits per heavy atom. The number of halogens is 1. The SMILES string of the molecule is Nc1ncc(CN2CCC(C(=O)N3CCC(n4c(-c5ccccn5)nc5cc(Br)ccc54)CC3)CC2)c[nH+]1. The van der Waals surface area contributed by atoms with Crippen LogP contribution in [0.3, 0.4) is 0 Å². The molecule has 0 atom stereocenters. The van der Waals surface area contributed by atoms with Crippen LogP contribution in [0.2, 0.25) is 0 Å². The normalized spacial score (nSPS) is 17.8. The molecule has 2 aliphatic heterocycles. The lowest BCUT2D eigenvalue weighted by Gasteiger charge is -2.38. The summed E-state index contributed by atoms with van der Waals surface area (Å²) in [6, 6.07) is 12.5. The van der Waals surface area contributed by atoms with Crippen molar-refractivity contribution in [3.8, 4) is 11.5 Å². The molecule has 1 aromatic carbocycles. The molecule has 2 aliphatic rings. The average Bonchev–Trinajstić information content (AvgIpc) is 3.33. The Labute approximate surface area is 230 Å². The summed E-state index contributed by atoms with van der Waals surface area (Å²) < 4.78 is 3.35. The van der Waals surface area contributed by atoms with Gasteiger partial charge in [-0.3, -0.25) is 20.4 Å². The molecule has 2 saturated heterocycles. The van der Waals surface area contributed by atoms with Gasteiger partial charge in [0.1, 0.15) is 11.9 Å². The number of carbonyl (C=O) groups excluding carboxylic acids is 1. The van der Waals surface area contributed by atoms with Crippen LogP contribution in [-0.2, 0) is 11.3 Å². The van der Waals surface area contributed by atoms with Crippen molar-refractivity contribution in [3.63, 3.8) is 0 Å². The predicted molar refractivity (Wildman–Crippen MR) is 149 cm³/mol. The van der Waals surface area contributed by atoms with Gasteiger partial charge in [0.25, 0.3) is 0 Å². The fourth-order valence-electron chi connectivity index (χ4n) is 5.80. The monoisotopic (exact) mass is 575 g/mol. The standard InChI is InChI=1S/C28H31BrN8O/c29-21-4-5-25-24(15-21)34-26(23-3-1-2-10-31-23)37(25)22-8-13-36(14-9-22)27(38)20-6-11-35(12-7-20)18-19-16-32-28(30)33-17-19/h1-5,10,15-17,20,22H,6-9,11-14,18H2,(H2,30,32,33)/p+1. The fourth-order valence-corrected chi connectivity index (χ4v) is 6.15. The highest BCUT2D eigenvalue weighted by atomic mass is 79.9. The lowest BCUT2D eigenvalue weighted by Crippen LogP contribution is -2.45. The molecule has 0 bridgehead atoms. The molecule has 0 unspecified atom stereocenters. The highest BCUT2D eigenvalue weighted by Crippen LogP contribution is 2.34. The highest BCUT2D eigenvalue weighted by Gasteiger charge is 2.32. The summed E-state index contributed by atoms with van der Waals surface area (Å²) >= 11 is 3.58. The van der Waals surface area contributed by atoms with Gasteiger partial charge < -0.3 is 9.47 Å². The van der Waals surface area contributed by atoms with Crippen molar-refractivity contribution < 1.29 is 9.78 Å². The van der Waals surface area contributed by atoms with Crippen molar-refractivity contribution in [1.82, 2.24) is 29.3 Å². The van der Waals surface area contributed by atoms with Crippen molar-refractivity contribution in [3.05, 3.63) is 65.0 Å². The van der Waals surface area contributed by atoms with Crippen molar-refractivity contribution in [1.29, 1.82) is 0 Å². The number of likely N-dealkylation sites (tertiary alicyclic amines) is 2. The van der Waals surface area contributed by atoms with Crippen molar-refractivity contribution in [2.45, 2.75) is 38.3 Å². The first-order valence-electron chi connectivity index (χ1n) is 13.3. The zero-order valence-corrected chi connectivity index (χ0v) is 22.8. The quantitative estimate of drug-likeness (QED) is 0.388. The minimum absolute atomic E-state index is 0.106. The number of amides is 1. The minimum Gasteiger partial charge on any atom is -0.342 e. The number of nitrogen functional groups attached to an aromatic ring is 1. The first kappa shape index (κ1) is 24.9. The molecule has 38 heavy (non-hydrogen) atoms. The highest BCUT2D eigenvalue weighted by molar-refractivity contribution is 9.10. The smallest absolute Gasteiger partial charge is 0.342 e. The van der Waals surface area contributed by atoms with E-state index < -0.39 is 0 Å². The number of anilines is 1. The molecule has 3 N–H and O–H groups in total. The summed E-state index contributed by atoms with van der Waals surface area (Å²) in [5.41, 5.74) is 9.70. The molecule has 4 aromatic rings. The molecular formula is C28H32BrN8O+. The Hall–Kier alpha value is -3.37. The van der Waals surface area contributed by atoms with Crippen LogP contribution in [0.4, 0.5) is 5.95 Å². The number of fused-ring (bicyclic) bond motifs is 1. The third-order valence-electron chi connectivity index (χ3n) is 7.80. The Bertz CT molecular complexity index is 1410. The first-order valence-corrected chi connectivity index (χ1v) is 14.1. The van der Waals surface area contributed by atoms with E-state index in [9.17, 15) is 4.79 Å². The maximum atomic E-state index is 13.4. The van der Waals surface area contributed by atoms with Crippen LogP contribution in [0.1, 0.15) is 37.3 Å². The molecule has 0 aliphatic carbocycles. The minimum atomic E-state index is 0.106. The Morgan fingerprint density at radius 1 is 1.05 bits per heavy atom. The summed E-state index contributed by atoms with van der Waals surface area (Å²) in [4.78, 5) is 34.6. The van der Waals surface area contributed by atoms with Gasteiger partial charge in [-0.25, -0.2) is 9.97 Å². The number of pyridine rings is 1. The number of rotatable bonds is 5. The second kappa shape index (κ2) is 10.8. The topological polar surface area (TPSA) is 107 Å². The van der Waals surface area contributed by atoms with Crippen LogP contribution in [0.15, 0.2) is 59.5 Å². The molecular weight excluding hydrogens is 544 g/mol. The maximum absolute atomic E-state index is 13.4. The molecule has 3 aromatic heterocycles. The van der Waals surface area contributed by atoms with Crippen molar-refractivity contribution >= 4 is 38.8 Å². The number of hydrogen-bond acceptors (Lipinski definition) is 6. The van der Waals surface area contributed by atoms with Crippen LogP contribution >= 0.6 is 15.9 Å². The van der Waals surface area contributed by atoms with E-state index in [0.29, 0.717) is 11.9 Å². The third-order valence-corrected chi connectivity index (χ3v) is 8.30. The number of nitrogens with one attached hydrogen (secondary N) is 1. The van der Waals surface area contributed by atoms with E-state index in [1.165, 1.54) is 0 Å². The number of H-pyrrole nitrogens is 1. The summed E-state index contributed by atoms with van der Waals surface area (Å²) in [7, 11) is 0. The fraction of sp³-hybridized carbons (Fsp3) is 0.393. The number of benzene rings is 1. The van der Waals surface area contributed by atoms with Crippen LogP contribution in [0.25, 0.3) is 22.6 Å². The van der Waals surface area contributed by atoms with E-state index in [1.54, 1.807) is 0 Å². The van der Waals surface area contributed by atoms with Crippen LogP contribution in [0, 0.1) is 5.92 Å². The number of carbonyl (C=O) groups is 1. The van der Waals surface area contributed by atoms with E-state index >= 15 is 0 Å². The van der Waals surface area contributed by atoms with E-state index in [1.807, 2.05) is 36.8 Å². The number of imidazole rings is 1. The number of hydrogen-bond donors (Lipinski definition) is 1. The molecule has 9 nitrogen and oxygen atoms in total. The lowest BCUT2D eigenvalue weighted by molar-refractivity contribution is -0.365. The predicted octanol–water partition coefficient (Wildman–Crippen LogP) is 3.73. The molecule has 0 spiro atoms. The molecule has 2 fully saturated rings. The van der Waals surface area contributed by atoms with Crippen molar-refractivity contribution in [2.24, 2.45) is 5.92 Å². The van der Waals surface area contributed by atoms with Crippen LogP contribution in [0.5, 0.6) is 0 Å². The molecule has 196 valence electrons.